The largest absolute Gasteiger partial charge is 0.330 e. The number of rotatable bonds is 6. The first-order valence-electron chi connectivity index (χ1n) is 5.85. The summed E-state index contributed by atoms with van der Waals surface area (Å²) in [6.45, 7) is 4.71. The van der Waals surface area contributed by atoms with Crippen LogP contribution in [0.4, 0.5) is 0 Å². The molecule has 3 atom stereocenters. The van der Waals surface area contributed by atoms with Gasteiger partial charge in [-0.2, -0.15) is 0 Å². The molecule has 0 heterocycles. The van der Waals surface area contributed by atoms with E-state index in [0.717, 1.165) is 18.4 Å². The molecule has 0 spiro atoms. The fraction of sp³-hybridized carbons (Fsp3) is 0.538. The number of benzene rings is 1. The van der Waals surface area contributed by atoms with Gasteiger partial charge in [0.25, 0.3) is 0 Å². The summed E-state index contributed by atoms with van der Waals surface area (Å²) in [7, 11) is -0.833. The third-order valence-corrected chi connectivity index (χ3v) is 5.05. The summed E-state index contributed by atoms with van der Waals surface area (Å²) in [6.07, 6.45) is 1.74. The quantitative estimate of drug-likeness (QED) is 0.829. The van der Waals surface area contributed by atoms with E-state index < -0.39 is 10.8 Å². The fourth-order valence-corrected chi connectivity index (χ4v) is 3.36. The molecule has 0 aliphatic rings. The molecule has 1 aromatic rings. The van der Waals surface area contributed by atoms with Gasteiger partial charge in [-0.1, -0.05) is 44.2 Å². The minimum Gasteiger partial charge on any atom is -0.330 e. The highest BCUT2D eigenvalue weighted by molar-refractivity contribution is 7.85. The Morgan fingerprint density at radius 3 is 2.44 bits per heavy atom. The summed E-state index contributed by atoms with van der Waals surface area (Å²) in [5.41, 5.74) is 6.76. The van der Waals surface area contributed by atoms with Gasteiger partial charge >= 0.3 is 0 Å². The van der Waals surface area contributed by atoms with Crippen molar-refractivity contribution < 1.29 is 4.21 Å². The average molecular weight is 239 g/mol. The highest BCUT2D eigenvalue weighted by atomic mass is 32.2. The molecule has 0 aliphatic carbocycles. The Morgan fingerprint density at radius 1 is 1.31 bits per heavy atom. The highest BCUT2D eigenvalue weighted by Gasteiger charge is 2.21. The maximum Gasteiger partial charge on any atom is 0.0611 e. The van der Waals surface area contributed by atoms with Crippen LogP contribution in [0.15, 0.2) is 30.3 Å². The van der Waals surface area contributed by atoms with E-state index in [1.54, 1.807) is 0 Å². The number of hydrogen-bond acceptors (Lipinski definition) is 2. The predicted octanol–water partition coefficient (Wildman–Crippen LogP) is 2.62. The molecule has 0 aliphatic heterocycles. The zero-order valence-corrected chi connectivity index (χ0v) is 10.9. The zero-order valence-electron chi connectivity index (χ0n) is 10.1. The van der Waals surface area contributed by atoms with Gasteiger partial charge in [0.15, 0.2) is 0 Å². The second-order valence-corrected chi connectivity index (χ2v) is 6.05. The van der Waals surface area contributed by atoms with E-state index in [1.165, 1.54) is 0 Å². The van der Waals surface area contributed by atoms with Crippen LogP contribution in [0, 0.1) is 0 Å². The van der Waals surface area contributed by atoms with Crippen molar-refractivity contribution in [2.24, 2.45) is 5.73 Å². The molecule has 0 bridgehead atoms. The highest BCUT2D eigenvalue weighted by Crippen LogP contribution is 2.26. The molecule has 1 aromatic carbocycles. The van der Waals surface area contributed by atoms with Crippen molar-refractivity contribution in [3.8, 4) is 0 Å². The van der Waals surface area contributed by atoms with Gasteiger partial charge in [0.1, 0.15) is 0 Å². The Hall–Kier alpha value is -0.670. The van der Waals surface area contributed by atoms with Crippen molar-refractivity contribution in [2.45, 2.75) is 37.2 Å². The molecule has 1 rings (SSSR count). The lowest BCUT2D eigenvalue weighted by atomic mass is 10.1. The van der Waals surface area contributed by atoms with E-state index in [0.29, 0.717) is 6.54 Å². The van der Waals surface area contributed by atoms with Gasteiger partial charge in [-0.25, -0.2) is 0 Å². The third kappa shape index (κ3) is 3.42. The molecule has 3 heteroatoms. The monoisotopic (exact) mass is 239 g/mol. The van der Waals surface area contributed by atoms with Crippen LogP contribution >= 0.6 is 0 Å². The van der Waals surface area contributed by atoms with Crippen molar-refractivity contribution in [3.63, 3.8) is 0 Å². The van der Waals surface area contributed by atoms with Crippen molar-refractivity contribution in [3.05, 3.63) is 35.9 Å². The SMILES string of the molecule is CCC(C)S(=O)C(CCN)c1ccccc1. The molecule has 3 unspecified atom stereocenters. The van der Waals surface area contributed by atoms with Crippen molar-refractivity contribution in [1.29, 1.82) is 0 Å². The minimum absolute atomic E-state index is 0.0844. The van der Waals surface area contributed by atoms with E-state index in [1.807, 2.05) is 37.3 Å². The molecule has 16 heavy (non-hydrogen) atoms. The summed E-state index contributed by atoms with van der Waals surface area (Å²) < 4.78 is 12.3. The van der Waals surface area contributed by atoms with Crippen molar-refractivity contribution in [1.82, 2.24) is 0 Å². The smallest absolute Gasteiger partial charge is 0.0611 e. The van der Waals surface area contributed by atoms with Gasteiger partial charge in [-0.3, -0.25) is 4.21 Å². The van der Waals surface area contributed by atoms with E-state index in [4.69, 9.17) is 5.73 Å². The van der Waals surface area contributed by atoms with Crippen LogP contribution in [-0.4, -0.2) is 16.0 Å². The van der Waals surface area contributed by atoms with Crippen LogP contribution in [0.3, 0.4) is 0 Å². The van der Waals surface area contributed by atoms with E-state index in [2.05, 4.69) is 6.92 Å². The van der Waals surface area contributed by atoms with E-state index >= 15 is 0 Å². The van der Waals surface area contributed by atoms with Crippen LogP contribution in [0.25, 0.3) is 0 Å². The van der Waals surface area contributed by atoms with Crippen molar-refractivity contribution in [2.75, 3.05) is 6.54 Å². The summed E-state index contributed by atoms with van der Waals surface area (Å²) in [4.78, 5) is 0. The lowest BCUT2D eigenvalue weighted by Gasteiger charge is -2.20. The topological polar surface area (TPSA) is 43.1 Å². The molecular weight excluding hydrogens is 218 g/mol. The Kier molecular flexibility index (Phi) is 5.71. The van der Waals surface area contributed by atoms with Gasteiger partial charge in [0.2, 0.25) is 0 Å². The van der Waals surface area contributed by atoms with Gasteiger partial charge in [-0.05, 0) is 24.9 Å². The molecule has 0 amide bonds. The van der Waals surface area contributed by atoms with Gasteiger partial charge in [0.05, 0.1) is 5.25 Å². The van der Waals surface area contributed by atoms with E-state index in [-0.39, 0.29) is 10.5 Å². The first-order chi connectivity index (χ1) is 7.70. The molecule has 2 N–H and O–H groups in total. The summed E-state index contributed by atoms with van der Waals surface area (Å²) in [5, 5.41) is 0.318. The molecule has 0 fully saturated rings. The summed E-state index contributed by atoms with van der Waals surface area (Å²) in [6, 6.07) is 10.1. The first-order valence-corrected chi connectivity index (χ1v) is 7.12. The maximum atomic E-state index is 12.3. The molecule has 0 radical (unpaired) electrons. The first kappa shape index (κ1) is 13.4. The lowest BCUT2D eigenvalue weighted by molar-refractivity contribution is 0.650. The molecule has 2 nitrogen and oxygen atoms in total. The Bertz CT molecular complexity index is 326. The van der Waals surface area contributed by atoms with Gasteiger partial charge in [-0.15, -0.1) is 0 Å². The average Bonchev–Trinajstić information content (AvgIpc) is 2.35. The third-order valence-electron chi connectivity index (χ3n) is 2.85. The number of nitrogens with two attached hydrogens (primary N) is 1. The Morgan fingerprint density at radius 2 is 1.94 bits per heavy atom. The second kappa shape index (κ2) is 6.81. The van der Waals surface area contributed by atoms with Gasteiger partial charge < -0.3 is 5.73 Å². The van der Waals surface area contributed by atoms with Crippen molar-refractivity contribution >= 4 is 10.8 Å². The summed E-state index contributed by atoms with van der Waals surface area (Å²) >= 11 is 0. The Balaban J connectivity index is 2.87. The van der Waals surface area contributed by atoms with Crippen LogP contribution in [0.2, 0.25) is 0 Å². The summed E-state index contributed by atoms with van der Waals surface area (Å²) in [5.74, 6) is 0. The standard InChI is InChI=1S/C13H21NOS/c1-3-11(2)16(15)13(9-10-14)12-7-5-4-6-8-12/h4-8,11,13H,3,9-10,14H2,1-2H3. The maximum absolute atomic E-state index is 12.3. The van der Waals surface area contributed by atoms with Crippen LogP contribution < -0.4 is 5.73 Å². The van der Waals surface area contributed by atoms with Crippen LogP contribution in [-0.2, 0) is 10.8 Å². The molecule has 90 valence electrons. The van der Waals surface area contributed by atoms with E-state index in [9.17, 15) is 4.21 Å². The Labute approximate surface area is 101 Å². The second-order valence-electron chi connectivity index (χ2n) is 4.02. The molecule has 0 saturated heterocycles. The fourth-order valence-electron chi connectivity index (χ4n) is 1.68. The van der Waals surface area contributed by atoms with Crippen LogP contribution in [0.1, 0.15) is 37.5 Å². The zero-order chi connectivity index (χ0) is 12.0. The van der Waals surface area contributed by atoms with Crippen LogP contribution in [0.5, 0.6) is 0 Å². The molecule has 0 saturated carbocycles. The minimum atomic E-state index is -0.833. The predicted molar refractivity (Wildman–Crippen MR) is 70.7 cm³/mol. The normalized spacial score (nSPS) is 16.7. The molecular formula is C13H21NOS. The lowest BCUT2D eigenvalue weighted by Crippen LogP contribution is -2.20. The number of hydrogen-bond donors (Lipinski definition) is 1. The van der Waals surface area contributed by atoms with Gasteiger partial charge in [0, 0.05) is 16.0 Å². The molecule has 0 aromatic heterocycles.